The number of hydrogen-bond acceptors (Lipinski definition) is 3. The van der Waals surface area contributed by atoms with Crippen molar-refractivity contribution in [1.82, 2.24) is 10.6 Å². The summed E-state index contributed by atoms with van der Waals surface area (Å²) in [5, 5.41) is 6.46. The van der Waals surface area contributed by atoms with Crippen LogP contribution in [0.25, 0.3) is 0 Å². The van der Waals surface area contributed by atoms with Crippen molar-refractivity contribution >= 4 is 17.7 Å². The number of fused-ring (bicyclic) bond motifs is 1. The van der Waals surface area contributed by atoms with Gasteiger partial charge < -0.3 is 10.6 Å². The average molecular weight is 308 g/mol. The highest BCUT2D eigenvalue weighted by molar-refractivity contribution is 7.99. The molecule has 0 aliphatic carbocycles. The second-order valence-corrected chi connectivity index (χ2v) is 7.04. The van der Waals surface area contributed by atoms with E-state index >= 15 is 0 Å². The highest BCUT2D eigenvalue weighted by atomic mass is 32.2. The summed E-state index contributed by atoms with van der Waals surface area (Å²) in [7, 11) is 0. The van der Waals surface area contributed by atoms with Crippen molar-refractivity contribution in [3.63, 3.8) is 0 Å². The number of carbonyl (C=O) groups is 1. The molecule has 1 saturated heterocycles. The smallest absolute Gasteiger partial charge is 0.228 e. The van der Waals surface area contributed by atoms with Crippen molar-refractivity contribution in [2.24, 2.45) is 5.41 Å². The van der Waals surface area contributed by atoms with Gasteiger partial charge in [-0.3, -0.25) is 4.79 Å². The van der Waals surface area contributed by atoms with Crippen LogP contribution in [0, 0.1) is 11.2 Å². The molecule has 2 aliphatic heterocycles. The second-order valence-electron chi connectivity index (χ2n) is 5.91. The largest absolute Gasteiger partial charge is 0.349 e. The molecule has 1 fully saturated rings. The minimum Gasteiger partial charge on any atom is -0.349 e. The van der Waals surface area contributed by atoms with E-state index in [0.717, 1.165) is 48.6 Å². The van der Waals surface area contributed by atoms with Crippen LogP contribution in [0.2, 0.25) is 0 Å². The molecule has 1 aromatic carbocycles. The monoisotopic (exact) mass is 308 g/mol. The van der Waals surface area contributed by atoms with Gasteiger partial charge in [0, 0.05) is 17.2 Å². The Balaban J connectivity index is 1.80. The molecule has 0 saturated carbocycles. The summed E-state index contributed by atoms with van der Waals surface area (Å²) in [4.78, 5) is 13.8. The predicted octanol–water partition coefficient (Wildman–Crippen LogP) is 2.87. The normalized spacial score (nSPS) is 28.2. The van der Waals surface area contributed by atoms with E-state index in [1.54, 1.807) is 17.8 Å². The maximum Gasteiger partial charge on any atom is 0.228 e. The lowest BCUT2D eigenvalue weighted by Gasteiger charge is -2.31. The Morgan fingerprint density at radius 3 is 3.14 bits per heavy atom. The van der Waals surface area contributed by atoms with Gasteiger partial charge in [-0.25, -0.2) is 4.39 Å². The van der Waals surface area contributed by atoms with Crippen LogP contribution in [-0.4, -0.2) is 24.7 Å². The Morgan fingerprint density at radius 1 is 1.57 bits per heavy atom. The zero-order valence-electron chi connectivity index (χ0n) is 12.2. The lowest BCUT2D eigenvalue weighted by Crippen LogP contribution is -2.44. The molecule has 0 aromatic heterocycles. The van der Waals surface area contributed by atoms with Gasteiger partial charge in [0.15, 0.2) is 0 Å². The Hall–Kier alpha value is -1.07. The maximum atomic E-state index is 13.5. The molecule has 2 heterocycles. The number of halogens is 1. The maximum absolute atomic E-state index is 13.5. The molecule has 1 amide bonds. The third-order valence-electron chi connectivity index (χ3n) is 4.72. The van der Waals surface area contributed by atoms with Crippen molar-refractivity contribution < 1.29 is 9.18 Å². The van der Waals surface area contributed by atoms with Gasteiger partial charge in [-0.05, 0) is 49.6 Å². The highest BCUT2D eigenvalue weighted by Crippen LogP contribution is 2.38. The fourth-order valence-electron chi connectivity index (χ4n) is 3.23. The van der Waals surface area contributed by atoms with E-state index < -0.39 is 0 Å². The van der Waals surface area contributed by atoms with Crippen LogP contribution in [-0.2, 0) is 4.79 Å². The van der Waals surface area contributed by atoms with Crippen LogP contribution in [0.4, 0.5) is 4.39 Å². The molecule has 2 aliphatic rings. The lowest BCUT2D eigenvalue weighted by molar-refractivity contribution is -0.131. The fourth-order valence-corrected chi connectivity index (χ4v) is 4.33. The Morgan fingerprint density at radius 2 is 2.43 bits per heavy atom. The molecule has 0 bridgehead atoms. The minimum atomic E-state index is -0.294. The summed E-state index contributed by atoms with van der Waals surface area (Å²) in [5.41, 5.74) is 0.634. The quantitative estimate of drug-likeness (QED) is 0.902. The zero-order valence-corrected chi connectivity index (χ0v) is 13.1. The molecule has 2 unspecified atom stereocenters. The van der Waals surface area contributed by atoms with E-state index in [0.29, 0.717) is 0 Å². The van der Waals surface area contributed by atoms with Gasteiger partial charge in [-0.15, -0.1) is 11.8 Å². The molecule has 3 nitrogen and oxygen atoms in total. The number of nitrogens with one attached hydrogen (secondary N) is 2. The van der Waals surface area contributed by atoms with Gasteiger partial charge in [-0.1, -0.05) is 6.92 Å². The van der Waals surface area contributed by atoms with Crippen LogP contribution in [0.1, 0.15) is 37.8 Å². The Labute approximate surface area is 129 Å². The number of rotatable bonds is 3. The third-order valence-corrected chi connectivity index (χ3v) is 5.84. The van der Waals surface area contributed by atoms with Crippen molar-refractivity contribution in [2.75, 3.05) is 18.8 Å². The zero-order chi connectivity index (χ0) is 14.9. The standard InChI is InChI=1S/C16H21FN2OS/c1-2-16(6-7-18-10-16)15(20)19-13-5-8-21-14-4-3-11(17)9-12(13)14/h3-4,9,13,18H,2,5-8,10H2,1H3,(H,19,20). The molecular weight excluding hydrogens is 287 g/mol. The summed E-state index contributed by atoms with van der Waals surface area (Å²) in [5.74, 6) is 0.839. The molecule has 0 spiro atoms. The summed E-state index contributed by atoms with van der Waals surface area (Å²) >= 11 is 1.74. The Bertz CT molecular complexity index is 543. The topological polar surface area (TPSA) is 41.1 Å². The third kappa shape index (κ3) is 2.81. The number of carbonyl (C=O) groups excluding carboxylic acids is 1. The van der Waals surface area contributed by atoms with Crippen molar-refractivity contribution in [3.8, 4) is 0 Å². The average Bonchev–Trinajstić information content (AvgIpc) is 2.98. The minimum absolute atomic E-state index is 0.0616. The van der Waals surface area contributed by atoms with E-state index in [1.807, 2.05) is 6.07 Å². The first-order valence-electron chi connectivity index (χ1n) is 7.58. The predicted molar refractivity (Wildman–Crippen MR) is 82.8 cm³/mol. The molecule has 2 N–H and O–H groups in total. The summed E-state index contributed by atoms with van der Waals surface area (Å²) in [6.45, 7) is 3.71. The van der Waals surface area contributed by atoms with Crippen LogP contribution >= 0.6 is 11.8 Å². The van der Waals surface area contributed by atoms with E-state index in [2.05, 4.69) is 17.6 Å². The Kier molecular flexibility index (Phi) is 4.22. The van der Waals surface area contributed by atoms with Gasteiger partial charge in [-0.2, -0.15) is 0 Å². The van der Waals surface area contributed by atoms with E-state index in [1.165, 1.54) is 6.07 Å². The highest BCUT2D eigenvalue weighted by Gasteiger charge is 2.40. The molecule has 3 rings (SSSR count). The molecule has 5 heteroatoms. The first-order valence-corrected chi connectivity index (χ1v) is 8.57. The van der Waals surface area contributed by atoms with Crippen molar-refractivity contribution in [3.05, 3.63) is 29.6 Å². The van der Waals surface area contributed by atoms with Crippen LogP contribution in [0.3, 0.4) is 0 Å². The first-order chi connectivity index (χ1) is 10.1. The first kappa shape index (κ1) is 14.9. The molecule has 114 valence electrons. The van der Waals surface area contributed by atoms with Gasteiger partial charge in [0.2, 0.25) is 5.91 Å². The van der Waals surface area contributed by atoms with E-state index in [4.69, 9.17) is 0 Å². The van der Waals surface area contributed by atoms with Gasteiger partial charge in [0.25, 0.3) is 0 Å². The molecule has 0 radical (unpaired) electrons. The molecule has 1 aromatic rings. The SMILES string of the molecule is CCC1(C(=O)NC2CCSc3ccc(F)cc32)CCNC1. The summed E-state index contributed by atoms with van der Waals surface area (Å²) in [6, 6.07) is 4.82. The fraction of sp³-hybridized carbons (Fsp3) is 0.562. The number of amides is 1. The molecule has 2 atom stereocenters. The summed E-state index contributed by atoms with van der Waals surface area (Å²) in [6.07, 6.45) is 2.58. The number of thioether (sulfide) groups is 1. The van der Waals surface area contributed by atoms with Gasteiger partial charge >= 0.3 is 0 Å². The molecule has 21 heavy (non-hydrogen) atoms. The molecular formula is C16H21FN2OS. The van der Waals surface area contributed by atoms with E-state index in [9.17, 15) is 9.18 Å². The number of benzene rings is 1. The summed E-state index contributed by atoms with van der Waals surface area (Å²) < 4.78 is 13.5. The van der Waals surface area contributed by atoms with Crippen molar-refractivity contribution in [2.45, 2.75) is 37.1 Å². The van der Waals surface area contributed by atoms with Crippen LogP contribution in [0.5, 0.6) is 0 Å². The lowest BCUT2D eigenvalue weighted by atomic mass is 9.83. The number of hydrogen-bond donors (Lipinski definition) is 2. The van der Waals surface area contributed by atoms with Crippen LogP contribution < -0.4 is 10.6 Å². The van der Waals surface area contributed by atoms with Crippen molar-refractivity contribution in [1.29, 1.82) is 0 Å². The second kappa shape index (κ2) is 5.97. The van der Waals surface area contributed by atoms with Crippen LogP contribution in [0.15, 0.2) is 23.1 Å². The van der Waals surface area contributed by atoms with Gasteiger partial charge in [0.05, 0.1) is 11.5 Å². The van der Waals surface area contributed by atoms with E-state index in [-0.39, 0.29) is 23.2 Å². The van der Waals surface area contributed by atoms with Gasteiger partial charge in [0.1, 0.15) is 5.82 Å².